The van der Waals surface area contributed by atoms with Crippen LogP contribution in [0, 0.1) is 0 Å². The van der Waals surface area contributed by atoms with Crippen LogP contribution in [0.5, 0.6) is 0 Å². The van der Waals surface area contributed by atoms with Crippen molar-refractivity contribution in [3.05, 3.63) is 170 Å². The lowest BCUT2D eigenvalue weighted by Crippen LogP contribution is -1.90. The molecule has 1 nitrogen and oxygen atoms in total. The summed E-state index contributed by atoms with van der Waals surface area (Å²) >= 11 is 0. The van der Waals surface area contributed by atoms with Gasteiger partial charge in [0.05, 0.1) is 0 Å². The highest BCUT2D eigenvalue weighted by Crippen LogP contribution is 2.44. The molecule has 0 fully saturated rings. The monoisotopic (exact) mass is 572 g/mol. The van der Waals surface area contributed by atoms with Gasteiger partial charge in [0, 0.05) is 16.3 Å². The second kappa shape index (κ2) is 10.4. The third kappa shape index (κ3) is 4.17. The Bertz CT molecular complexity index is 2450. The molecule has 1 heteroatoms. The average Bonchev–Trinajstić information content (AvgIpc) is 3.50. The van der Waals surface area contributed by atoms with E-state index in [-0.39, 0.29) is 0 Å². The highest BCUT2D eigenvalue weighted by Gasteiger charge is 2.17. The Morgan fingerprint density at radius 1 is 0.289 bits per heavy atom. The fourth-order valence-electron chi connectivity index (χ4n) is 7.01. The number of rotatable bonds is 4. The Balaban J connectivity index is 1.20. The molecule has 0 bridgehead atoms. The summed E-state index contributed by atoms with van der Waals surface area (Å²) in [4.78, 5) is 0. The molecule has 9 aromatic rings. The van der Waals surface area contributed by atoms with Gasteiger partial charge in [-0.3, -0.25) is 0 Å². The largest absolute Gasteiger partial charge is 0.455 e. The van der Waals surface area contributed by atoms with E-state index in [9.17, 15) is 0 Å². The SMILES string of the molecule is c1ccc(-c2ccc3oc4c(-c5ccc(-c6c7ccccc7c(-c7ccccc7)c7ccccc67)cc5)cccc4c3c2)cc1. The molecule has 0 unspecified atom stereocenters. The minimum Gasteiger partial charge on any atom is -0.455 e. The number of hydrogen-bond acceptors (Lipinski definition) is 1. The summed E-state index contributed by atoms with van der Waals surface area (Å²) in [5.74, 6) is 0. The Kier molecular flexibility index (Phi) is 5.89. The van der Waals surface area contributed by atoms with Gasteiger partial charge in [-0.05, 0) is 72.6 Å². The molecule has 0 spiro atoms. The summed E-state index contributed by atoms with van der Waals surface area (Å²) in [5, 5.41) is 7.33. The maximum atomic E-state index is 6.51. The van der Waals surface area contributed by atoms with Gasteiger partial charge in [0.1, 0.15) is 11.2 Å². The van der Waals surface area contributed by atoms with E-state index >= 15 is 0 Å². The minimum absolute atomic E-state index is 0.908. The zero-order valence-corrected chi connectivity index (χ0v) is 24.6. The predicted molar refractivity (Wildman–Crippen MR) is 190 cm³/mol. The van der Waals surface area contributed by atoms with E-state index in [0.717, 1.165) is 33.1 Å². The van der Waals surface area contributed by atoms with E-state index in [0.29, 0.717) is 0 Å². The lowest BCUT2D eigenvalue weighted by atomic mass is 9.85. The van der Waals surface area contributed by atoms with E-state index in [4.69, 9.17) is 4.42 Å². The van der Waals surface area contributed by atoms with Crippen LogP contribution in [-0.4, -0.2) is 0 Å². The summed E-state index contributed by atoms with van der Waals surface area (Å²) in [6, 6.07) is 60.9. The van der Waals surface area contributed by atoms with Crippen LogP contribution in [0.2, 0.25) is 0 Å². The molecule has 0 atom stereocenters. The zero-order valence-electron chi connectivity index (χ0n) is 24.6. The Morgan fingerprint density at radius 2 is 0.756 bits per heavy atom. The number of benzene rings is 8. The quantitative estimate of drug-likeness (QED) is 0.191. The van der Waals surface area contributed by atoms with Gasteiger partial charge >= 0.3 is 0 Å². The van der Waals surface area contributed by atoms with Crippen LogP contribution in [0.1, 0.15) is 0 Å². The van der Waals surface area contributed by atoms with Gasteiger partial charge in [-0.25, -0.2) is 0 Å². The number of fused-ring (bicyclic) bond motifs is 5. The first-order chi connectivity index (χ1) is 22.3. The van der Waals surface area contributed by atoms with Gasteiger partial charge in [0.25, 0.3) is 0 Å². The van der Waals surface area contributed by atoms with E-state index in [1.54, 1.807) is 0 Å². The zero-order chi connectivity index (χ0) is 29.7. The van der Waals surface area contributed by atoms with Gasteiger partial charge in [0.2, 0.25) is 0 Å². The van der Waals surface area contributed by atoms with Gasteiger partial charge in [0.15, 0.2) is 0 Å². The van der Waals surface area contributed by atoms with E-state index in [1.807, 2.05) is 0 Å². The van der Waals surface area contributed by atoms with E-state index in [2.05, 4.69) is 170 Å². The Labute approximate surface area is 261 Å². The molecule has 0 saturated carbocycles. The lowest BCUT2D eigenvalue weighted by molar-refractivity contribution is 0.670. The second-order valence-electron chi connectivity index (χ2n) is 11.6. The third-order valence-electron chi connectivity index (χ3n) is 9.08. The highest BCUT2D eigenvalue weighted by molar-refractivity contribution is 6.21. The first-order valence-electron chi connectivity index (χ1n) is 15.4. The van der Waals surface area contributed by atoms with Crippen molar-refractivity contribution >= 4 is 43.5 Å². The predicted octanol–water partition coefficient (Wildman–Crippen LogP) is 12.6. The molecule has 0 N–H and O–H groups in total. The average molecular weight is 573 g/mol. The summed E-state index contributed by atoms with van der Waals surface area (Å²) < 4.78 is 6.51. The first-order valence-corrected chi connectivity index (χ1v) is 15.4. The standard InChI is InChI=1S/C44H28O/c1-3-12-29(13-4-1)33-26-27-41-40(28-33)39-21-11-20-34(44(39)45-41)30-22-24-32(25-23-30)43-37-18-9-7-16-35(37)42(31-14-5-2-6-15-31)36-17-8-10-19-38(36)43/h1-28H. The van der Waals surface area contributed by atoms with E-state index < -0.39 is 0 Å². The van der Waals surface area contributed by atoms with Crippen LogP contribution in [0.15, 0.2) is 174 Å². The maximum Gasteiger partial charge on any atom is 0.143 e. The fourth-order valence-corrected chi connectivity index (χ4v) is 7.01. The fraction of sp³-hybridized carbons (Fsp3) is 0. The molecular weight excluding hydrogens is 544 g/mol. The number of furan rings is 1. The van der Waals surface area contributed by atoms with Crippen molar-refractivity contribution in [2.45, 2.75) is 0 Å². The lowest BCUT2D eigenvalue weighted by Gasteiger charge is -2.18. The summed E-state index contributed by atoms with van der Waals surface area (Å²) in [5.41, 5.74) is 11.5. The molecule has 0 amide bonds. The Hall–Kier alpha value is -5.92. The summed E-state index contributed by atoms with van der Waals surface area (Å²) in [7, 11) is 0. The molecule has 210 valence electrons. The van der Waals surface area contributed by atoms with Gasteiger partial charge < -0.3 is 4.42 Å². The summed E-state index contributed by atoms with van der Waals surface area (Å²) in [6.07, 6.45) is 0. The molecule has 45 heavy (non-hydrogen) atoms. The second-order valence-corrected chi connectivity index (χ2v) is 11.6. The van der Waals surface area contributed by atoms with E-state index in [1.165, 1.54) is 54.9 Å². The molecule has 9 rings (SSSR count). The molecule has 0 aliphatic heterocycles. The molecule has 1 aromatic heterocycles. The number of hydrogen-bond donors (Lipinski definition) is 0. The van der Waals surface area contributed by atoms with Crippen LogP contribution < -0.4 is 0 Å². The van der Waals surface area contributed by atoms with Crippen molar-refractivity contribution in [2.24, 2.45) is 0 Å². The van der Waals surface area contributed by atoms with Crippen LogP contribution in [-0.2, 0) is 0 Å². The molecule has 0 radical (unpaired) electrons. The van der Waals surface area contributed by atoms with Crippen LogP contribution in [0.3, 0.4) is 0 Å². The normalized spacial score (nSPS) is 11.6. The van der Waals surface area contributed by atoms with Gasteiger partial charge in [-0.15, -0.1) is 0 Å². The maximum absolute atomic E-state index is 6.51. The molecule has 0 aliphatic carbocycles. The number of para-hydroxylation sites is 1. The third-order valence-corrected chi connectivity index (χ3v) is 9.08. The molecule has 0 saturated heterocycles. The molecule has 0 aliphatic rings. The molecule has 8 aromatic carbocycles. The van der Waals surface area contributed by atoms with Gasteiger partial charge in [-0.2, -0.15) is 0 Å². The van der Waals surface area contributed by atoms with Crippen LogP contribution in [0.25, 0.3) is 88.0 Å². The van der Waals surface area contributed by atoms with Crippen LogP contribution >= 0.6 is 0 Å². The van der Waals surface area contributed by atoms with Gasteiger partial charge in [-0.1, -0.05) is 158 Å². The van der Waals surface area contributed by atoms with Crippen LogP contribution in [0.4, 0.5) is 0 Å². The molecule has 1 heterocycles. The molecular formula is C44H28O. The smallest absolute Gasteiger partial charge is 0.143 e. The highest BCUT2D eigenvalue weighted by atomic mass is 16.3. The topological polar surface area (TPSA) is 13.1 Å². The van der Waals surface area contributed by atoms with Crippen molar-refractivity contribution in [3.63, 3.8) is 0 Å². The Morgan fingerprint density at radius 3 is 1.36 bits per heavy atom. The van der Waals surface area contributed by atoms with Crippen molar-refractivity contribution in [1.82, 2.24) is 0 Å². The summed E-state index contributed by atoms with van der Waals surface area (Å²) in [6.45, 7) is 0. The minimum atomic E-state index is 0.908. The van der Waals surface area contributed by atoms with Crippen molar-refractivity contribution < 1.29 is 4.42 Å². The first kappa shape index (κ1) is 25.6. The van der Waals surface area contributed by atoms with Crippen molar-refractivity contribution in [3.8, 4) is 44.5 Å². The van der Waals surface area contributed by atoms with Crippen molar-refractivity contribution in [2.75, 3.05) is 0 Å². The van der Waals surface area contributed by atoms with Crippen molar-refractivity contribution in [1.29, 1.82) is 0 Å².